The highest BCUT2D eigenvalue weighted by Gasteiger charge is 2.32. The Kier molecular flexibility index (Phi) is 6.61. The number of aromatic amines is 1. The molecule has 0 unspecified atom stereocenters. The van der Waals surface area contributed by atoms with Crippen molar-refractivity contribution < 1.29 is 22.7 Å². The number of ether oxygens (including phenoxy) is 1. The van der Waals surface area contributed by atoms with E-state index in [0.717, 1.165) is 29.5 Å². The van der Waals surface area contributed by atoms with E-state index in [4.69, 9.17) is 4.74 Å². The van der Waals surface area contributed by atoms with Gasteiger partial charge in [0.15, 0.2) is 5.82 Å². The number of aromatic nitrogens is 4. The number of pyridine rings is 1. The van der Waals surface area contributed by atoms with Crippen molar-refractivity contribution in [2.75, 3.05) is 42.3 Å². The van der Waals surface area contributed by atoms with Gasteiger partial charge in [0.1, 0.15) is 0 Å². The van der Waals surface area contributed by atoms with Crippen LogP contribution in [0.3, 0.4) is 0 Å². The molecule has 1 aliphatic rings. The van der Waals surface area contributed by atoms with E-state index in [1.807, 2.05) is 4.90 Å². The number of thioether (sulfide) groups is 1. The number of amides is 1. The maximum atomic E-state index is 13.2. The van der Waals surface area contributed by atoms with Crippen molar-refractivity contribution in [3.8, 4) is 11.4 Å². The van der Waals surface area contributed by atoms with Crippen LogP contribution in [0.4, 0.5) is 24.5 Å². The first kappa shape index (κ1) is 22.1. The molecule has 0 spiro atoms. The van der Waals surface area contributed by atoms with Crippen LogP contribution in [0.5, 0.6) is 0 Å². The standard InChI is InChI=1S/C20H19F3N6O2S/c21-20(22,23)14-1-2-16(29-7-9-31-10-8-29)15(11-14)25-17(30)12-32-19-26-18(27-28-19)13-3-5-24-6-4-13/h1-6,11H,7-10,12H2,(H,25,30)(H,26,27,28). The fraction of sp³-hybridized carbons (Fsp3) is 0.300. The number of morpholine rings is 1. The van der Waals surface area contributed by atoms with E-state index in [9.17, 15) is 18.0 Å². The average molecular weight is 464 g/mol. The lowest BCUT2D eigenvalue weighted by Gasteiger charge is -2.31. The van der Waals surface area contributed by atoms with Gasteiger partial charge in [-0.15, -0.1) is 5.10 Å². The zero-order valence-corrected chi connectivity index (χ0v) is 17.5. The molecule has 1 aliphatic heterocycles. The molecule has 1 saturated heterocycles. The number of carbonyl (C=O) groups is 1. The molecule has 1 amide bonds. The van der Waals surface area contributed by atoms with Crippen molar-refractivity contribution in [3.63, 3.8) is 0 Å². The Labute approximate surface area is 185 Å². The van der Waals surface area contributed by atoms with Crippen LogP contribution in [0.25, 0.3) is 11.4 Å². The molecule has 1 aromatic carbocycles. The van der Waals surface area contributed by atoms with Gasteiger partial charge in [-0.1, -0.05) is 11.8 Å². The molecule has 0 bridgehead atoms. The van der Waals surface area contributed by atoms with Gasteiger partial charge in [-0.3, -0.25) is 14.9 Å². The van der Waals surface area contributed by atoms with Gasteiger partial charge in [-0.25, -0.2) is 4.98 Å². The van der Waals surface area contributed by atoms with E-state index in [0.29, 0.717) is 43.0 Å². The molecule has 3 heterocycles. The zero-order chi connectivity index (χ0) is 22.6. The van der Waals surface area contributed by atoms with E-state index in [-0.39, 0.29) is 11.4 Å². The minimum Gasteiger partial charge on any atom is -0.378 e. The summed E-state index contributed by atoms with van der Waals surface area (Å²) in [6, 6.07) is 6.89. The summed E-state index contributed by atoms with van der Waals surface area (Å²) in [4.78, 5) is 22.7. The van der Waals surface area contributed by atoms with Crippen molar-refractivity contribution in [2.45, 2.75) is 11.3 Å². The number of H-pyrrole nitrogens is 1. The zero-order valence-electron chi connectivity index (χ0n) is 16.7. The van der Waals surface area contributed by atoms with Gasteiger partial charge in [0.05, 0.1) is 35.9 Å². The lowest BCUT2D eigenvalue weighted by molar-refractivity contribution is -0.137. The smallest absolute Gasteiger partial charge is 0.378 e. The van der Waals surface area contributed by atoms with Crippen LogP contribution in [0.15, 0.2) is 47.9 Å². The minimum atomic E-state index is -4.51. The summed E-state index contributed by atoms with van der Waals surface area (Å²) in [6.07, 6.45) is -1.27. The van der Waals surface area contributed by atoms with Gasteiger partial charge in [0, 0.05) is 31.0 Å². The van der Waals surface area contributed by atoms with Crippen molar-refractivity contribution >= 4 is 29.0 Å². The van der Waals surface area contributed by atoms with E-state index in [1.54, 1.807) is 24.5 Å². The predicted molar refractivity (Wildman–Crippen MR) is 113 cm³/mol. The molecule has 3 aromatic rings. The number of hydrogen-bond acceptors (Lipinski definition) is 7. The highest BCUT2D eigenvalue weighted by molar-refractivity contribution is 7.99. The molecule has 12 heteroatoms. The third-order valence-corrected chi connectivity index (χ3v) is 5.55. The number of rotatable bonds is 6. The van der Waals surface area contributed by atoms with Crippen molar-refractivity contribution in [1.82, 2.24) is 20.2 Å². The number of alkyl halides is 3. The van der Waals surface area contributed by atoms with Gasteiger partial charge in [-0.2, -0.15) is 13.2 Å². The number of hydrogen-bond donors (Lipinski definition) is 2. The lowest BCUT2D eigenvalue weighted by Crippen LogP contribution is -2.37. The first-order chi connectivity index (χ1) is 15.4. The highest BCUT2D eigenvalue weighted by Crippen LogP contribution is 2.36. The summed E-state index contributed by atoms with van der Waals surface area (Å²) in [5, 5.41) is 9.82. The van der Waals surface area contributed by atoms with Gasteiger partial charge < -0.3 is 15.0 Å². The number of halogens is 3. The number of nitrogens with one attached hydrogen (secondary N) is 2. The molecular weight excluding hydrogens is 445 g/mol. The number of carbonyl (C=O) groups excluding carboxylic acids is 1. The van der Waals surface area contributed by atoms with Crippen LogP contribution in [-0.2, 0) is 15.7 Å². The minimum absolute atomic E-state index is 0.0631. The maximum absolute atomic E-state index is 13.2. The van der Waals surface area contributed by atoms with Crippen LogP contribution >= 0.6 is 11.8 Å². The third kappa shape index (κ3) is 5.37. The van der Waals surface area contributed by atoms with Crippen LogP contribution in [0.1, 0.15) is 5.56 Å². The number of benzene rings is 1. The monoisotopic (exact) mass is 464 g/mol. The Morgan fingerprint density at radius 3 is 2.66 bits per heavy atom. The molecule has 0 aliphatic carbocycles. The number of anilines is 2. The Morgan fingerprint density at radius 2 is 1.94 bits per heavy atom. The molecule has 32 heavy (non-hydrogen) atoms. The second-order valence-electron chi connectivity index (χ2n) is 6.87. The predicted octanol–water partition coefficient (Wildman–Crippen LogP) is 3.45. The van der Waals surface area contributed by atoms with E-state index < -0.39 is 17.6 Å². The topological polar surface area (TPSA) is 96.0 Å². The molecule has 0 radical (unpaired) electrons. The van der Waals surface area contributed by atoms with Crippen LogP contribution in [0, 0.1) is 0 Å². The molecule has 0 saturated carbocycles. The fourth-order valence-electron chi connectivity index (χ4n) is 3.16. The van der Waals surface area contributed by atoms with Gasteiger partial charge in [0.25, 0.3) is 0 Å². The molecule has 1 fully saturated rings. The Balaban J connectivity index is 1.45. The first-order valence-corrected chi connectivity index (χ1v) is 10.7. The van der Waals surface area contributed by atoms with Gasteiger partial charge in [-0.05, 0) is 30.3 Å². The summed E-state index contributed by atoms with van der Waals surface area (Å²) < 4.78 is 45.0. The normalized spacial score (nSPS) is 14.4. The lowest BCUT2D eigenvalue weighted by atomic mass is 10.1. The van der Waals surface area contributed by atoms with E-state index in [1.165, 1.54) is 6.07 Å². The Bertz CT molecular complexity index is 1070. The maximum Gasteiger partial charge on any atom is 0.416 e. The molecular formula is C20H19F3N6O2S. The molecule has 4 rings (SSSR count). The van der Waals surface area contributed by atoms with Crippen LogP contribution in [0.2, 0.25) is 0 Å². The quantitative estimate of drug-likeness (QED) is 0.540. The van der Waals surface area contributed by atoms with E-state index >= 15 is 0 Å². The van der Waals surface area contributed by atoms with E-state index in [2.05, 4.69) is 25.5 Å². The number of nitrogens with zero attached hydrogens (tertiary/aromatic N) is 4. The molecule has 8 nitrogen and oxygen atoms in total. The Hall–Kier alpha value is -3.12. The molecule has 168 valence electrons. The average Bonchev–Trinajstić information content (AvgIpc) is 3.27. The van der Waals surface area contributed by atoms with Crippen LogP contribution in [-0.4, -0.2) is 58.1 Å². The largest absolute Gasteiger partial charge is 0.416 e. The molecule has 0 atom stereocenters. The summed E-state index contributed by atoms with van der Waals surface area (Å²) in [5.74, 6) is 0.00813. The van der Waals surface area contributed by atoms with Gasteiger partial charge in [0.2, 0.25) is 11.1 Å². The van der Waals surface area contributed by atoms with Crippen molar-refractivity contribution in [3.05, 3.63) is 48.3 Å². The second kappa shape index (κ2) is 9.57. The van der Waals surface area contributed by atoms with Crippen molar-refractivity contribution in [1.29, 1.82) is 0 Å². The summed E-state index contributed by atoms with van der Waals surface area (Å²) in [6.45, 7) is 1.99. The fourth-order valence-corrected chi connectivity index (χ4v) is 3.76. The summed E-state index contributed by atoms with van der Waals surface area (Å²) in [7, 11) is 0. The summed E-state index contributed by atoms with van der Waals surface area (Å²) in [5.41, 5.74) is 0.605. The SMILES string of the molecule is O=C(CSc1n[nH]c(-c2ccncc2)n1)Nc1cc(C(F)(F)F)ccc1N1CCOCC1. The molecule has 2 aromatic heterocycles. The first-order valence-electron chi connectivity index (χ1n) is 9.69. The highest BCUT2D eigenvalue weighted by atomic mass is 32.2. The Morgan fingerprint density at radius 1 is 1.19 bits per heavy atom. The molecule has 2 N–H and O–H groups in total. The third-order valence-electron chi connectivity index (χ3n) is 4.70. The van der Waals surface area contributed by atoms with Crippen molar-refractivity contribution in [2.24, 2.45) is 0 Å². The van der Waals surface area contributed by atoms with Crippen LogP contribution < -0.4 is 10.2 Å². The second-order valence-corrected chi connectivity index (χ2v) is 7.81. The van der Waals surface area contributed by atoms with Gasteiger partial charge >= 0.3 is 6.18 Å². The summed E-state index contributed by atoms with van der Waals surface area (Å²) >= 11 is 1.08.